The van der Waals surface area contributed by atoms with Crippen LogP contribution in [0.2, 0.25) is 0 Å². The van der Waals surface area contributed by atoms with Crippen molar-refractivity contribution >= 4 is 0 Å². The molecule has 3 heteroatoms. The molecule has 1 aliphatic heterocycles. The lowest BCUT2D eigenvalue weighted by molar-refractivity contribution is -0.0170. The molecule has 0 aromatic heterocycles. The van der Waals surface area contributed by atoms with Crippen LogP contribution in [-0.4, -0.2) is 35.1 Å². The Hall–Kier alpha value is -0.120. The first kappa shape index (κ1) is 6.99. The number of aliphatic hydroxyl groups is 2. The van der Waals surface area contributed by atoms with Gasteiger partial charge in [-0.3, -0.25) is 0 Å². The highest BCUT2D eigenvalue weighted by Gasteiger charge is 2.30. The molecule has 0 aliphatic carbocycles. The van der Waals surface area contributed by atoms with Crippen LogP contribution in [0.3, 0.4) is 0 Å². The van der Waals surface area contributed by atoms with E-state index >= 15 is 0 Å². The third-order valence-corrected chi connectivity index (χ3v) is 1.59. The summed E-state index contributed by atoms with van der Waals surface area (Å²) in [7, 11) is 0. The van der Waals surface area contributed by atoms with Crippen LogP contribution in [0.25, 0.3) is 0 Å². The molecule has 0 spiro atoms. The molecule has 2 unspecified atom stereocenters. The Kier molecular flexibility index (Phi) is 2.05. The second kappa shape index (κ2) is 2.64. The van der Waals surface area contributed by atoms with E-state index in [2.05, 4.69) is 0 Å². The molecular formula is C6H12O3. The lowest BCUT2D eigenvalue weighted by Crippen LogP contribution is -2.24. The molecule has 0 bridgehead atoms. The van der Waals surface area contributed by atoms with Gasteiger partial charge in [-0.1, -0.05) is 0 Å². The molecule has 0 aromatic rings. The smallest absolute Gasteiger partial charge is 0.107 e. The molecule has 1 fully saturated rings. The van der Waals surface area contributed by atoms with Gasteiger partial charge in [0, 0.05) is 6.42 Å². The van der Waals surface area contributed by atoms with Crippen molar-refractivity contribution in [2.24, 2.45) is 0 Å². The number of hydrogen-bond donors (Lipinski definition) is 2. The summed E-state index contributed by atoms with van der Waals surface area (Å²) in [6, 6.07) is 0. The van der Waals surface area contributed by atoms with Crippen LogP contribution in [0.1, 0.15) is 13.3 Å². The first-order valence-electron chi connectivity index (χ1n) is 3.18. The van der Waals surface area contributed by atoms with Gasteiger partial charge in [-0.05, 0) is 6.92 Å². The minimum atomic E-state index is -0.468. The quantitative estimate of drug-likeness (QED) is 0.506. The second-order valence-electron chi connectivity index (χ2n) is 2.47. The Bertz CT molecular complexity index is 94.3. The first-order chi connectivity index (χ1) is 4.24. The molecule has 1 rings (SSSR count). The van der Waals surface area contributed by atoms with E-state index in [1.807, 2.05) is 6.92 Å². The molecule has 1 heterocycles. The molecule has 54 valence electrons. The van der Waals surface area contributed by atoms with Crippen LogP contribution in [0.15, 0.2) is 0 Å². The highest BCUT2D eigenvalue weighted by atomic mass is 16.5. The van der Waals surface area contributed by atoms with Gasteiger partial charge < -0.3 is 14.9 Å². The normalized spacial score (nSPS) is 43.7. The predicted molar refractivity (Wildman–Crippen MR) is 32.0 cm³/mol. The summed E-state index contributed by atoms with van der Waals surface area (Å²) in [6.07, 6.45) is -0.0762. The average Bonchev–Trinajstić information content (AvgIpc) is 2.10. The zero-order chi connectivity index (χ0) is 6.85. The molecule has 0 amide bonds. The van der Waals surface area contributed by atoms with Gasteiger partial charge in [-0.2, -0.15) is 0 Å². The van der Waals surface area contributed by atoms with E-state index in [1.165, 1.54) is 0 Å². The van der Waals surface area contributed by atoms with Crippen molar-refractivity contribution in [1.82, 2.24) is 0 Å². The van der Waals surface area contributed by atoms with Gasteiger partial charge in [0.1, 0.15) is 6.10 Å². The van der Waals surface area contributed by atoms with Crippen molar-refractivity contribution in [1.29, 1.82) is 0 Å². The SMILES string of the molecule is CC1C[C@H](O)C(CO)O1. The Morgan fingerprint density at radius 2 is 2.33 bits per heavy atom. The molecule has 1 saturated heterocycles. The number of rotatable bonds is 1. The van der Waals surface area contributed by atoms with Crippen LogP contribution < -0.4 is 0 Å². The zero-order valence-corrected chi connectivity index (χ0v) is 5.45. The molecule has 1 aliphatic rings. The fourth-order valence-corrected chi connectivity index (χ4v) is 1.10. The van der Waals surface area contributed by atoms with E-state index < -0.39 is 6.10 Å². The van der Waals surface area contributed by atoms with Gasteiger partial charge in [0.2, 0.25) is 0 Å². The molecule has 0 aromatic carbocycles. The maximum absolute atomic E-state index is 9.07. The first-order valence-corrected chi connectivity index (χ1v) is 3.18. The predicted octanol–water partition coefficient (Wildman–Crippen LogP) is -0.483. The van der Waals surface area contributed by atoms with Crippen LogP contribution in [0.5, 0.6) is 0 Å². The Morgan fingerprint density at radius 3 is 2.56 bits per heavy atom. The summed E-state index contributed by atoms with van der Waals surface area (Å²) in [5, 5.41) is 17.6. The molecule has 0 saturated carbocycles. The second-order valence-corrected chi connectivity index (χ2v) is 2.47. The third kappa shape index (κ3) is 1.41. The highest BCUT2D eigenvalue weighted by molar-refractivity contribution is 4.78. The summed E-state index contributed by atoms with van der Waals surface area (Å²) in [6.45, 7) is 1.81. The summed E-state index contributed by atoms with van der Waals surface area (Å²) >= 11 is 0. The minimum absolute atomic E-state index is 0.0779. The Labute approximate surface area is 54.3 Å². The monoisotopic (exact) mass is 132 g/mol. The van der Waals surface area contributed by atoms with Crippen molar-refractivity contribution in [2.75, 3.05) is 6.61 Å². The van der Waals surface area contributed by atoms with Gasteiger partial charge in [-0.25, -0.2) is 0 Å². The topological polar surface area (TPSA) is 49.7 Å². The lowest BCUT2D eigenvalue weighted by atomic mass is 10.1. The van der Waals surface area contributed by atoms with Gasteiger partial charge in [0.25, 0.3) is 0 Å². The van der Waals surface area contributed by atoms with Crippen LogP contribution in [0.4, 0.5) is 0 Å². The van der Waals surface area contributed by atoms with Gasteiger partial charge >= 0.3 is 0 Å². The Morgan fingerprint density at radius 1 is 1.67 bits per heavy atom. The van der Waals surface area contributed by atoms with E-state index in [0.29, 0.717) is 6.42 Å². The standard InChI is InChI=1S/C6H12O3/c1-4-2-5(8)6(3-7)9-4/h4-8H,2-3H2,1H3/t4?,5-,6?/m0/s1. The van der Waals surface area contributed by atoms with E-state index in [-0.39, 0.29) is 18.8 Å². The Balaban J connectivity index is 2.38. The van der Waals surface area contributed by atoms with Crippen molar-refractivity contribution in [3.63, 3.8) is 0 Å². The molecule has 2 N–H and O–H groups in total. The fourth-order valence-electron chi connectivity index (χ4n) is 1.10. The van der Waals surface area contributed by atoms with E-state index in [0.717, 1.165) is 0 Å². The van der Waals surface area contributed by atoms with Crippen molar-refractivity contribution in [3.05, 3.63) is 0 Å². The van der Waals surface area contributed by atoms with Gasteiger partial charge in [0.15, 0.2) is 0 Å². The van der Waals surface area contributed by atoms with Gasteiger partial charge in [-0.15, -0.1) is 0 Å². The van der Waals surface area contributed by atoms with E-state index in [9.17, 15) is 0 Å². The fraction of sp³-hybridized carbons (Fsp3) is 1.00. The lowest BCUT2D eigenvalue weighted by Gasteiger charge is -2.08. The molecule has 3 atom stereocenters. The van der Waals surface area contributed by atoms with Crippen LogP contribution >= 0.6 is 0 Å². The molecule has 0 radical (unpaired) electrons. The third-order valence-electron chi connectivity index (χ3n) is 1.59. The van der Waals surface area contributed by atoms with E-state index in [4.69, 9.17) is 14.9 Å². The molecule has 9 heavy (non-hydrogen) atoms. The number of ether oxygens (including phenoxy) is 1. The highest BCUT2D eigenvalue weighted by Crippen LogP contribution is 2.18. The largest absolute Gasteiger partial charge is 0.394 e. The van der Waals surface area contributed by atoms with Crippen molar-refractivity contribution in [3.8, 4) is 0 Å². The summed E-state index contributed by atoms with van der Waals surface area (Å²) in [4.78, 5) is 0. The van der Waals surface area contributed by atoms with E-state index in [1.54, 1.807) is 0 Å². The van der Waals surface area contributed by atoms with Crippen LogP contribution in [-0.2, 0) is 4.74 Å². The maximum atomic E-state index is 9.07. The van der Waals surface area contributed by atoms with Gasteiger partial charge in [0.05, 0.1) is 18.8 Å². The summed E-state index contributed by atoms with van der Waals surface area (Å²) in [5.74, 6) is 0. The number of aliphatic hydroxyl groups excluding tert-OH is 2. The zero-order valence-electron chi connectivity index (χ0n) is 5.45. The molecule has 3 nitrogen and oxygen atoms in total. The number of hydrogen-bond acceptors (Lipinski definition) is 3. The molecular weight excluding hydrogens is 120 g/mol. The van der Waals surface area contributed by atoms with Crippen LogP contribution in [0, 0.1) is 0 Å². The van der Waals surface area contributed by atoms with Crippen molar-refractivity contribution < 1.29 is 14.9 Å². The maximum Gasteiger partial charge on any atom is 0.107 e. The average molecular weight is 132 g/mol. The van der Waals surface area contributed by atoms with Crippen molar-refractivity contribution in [2.45, 2.75) is 31.7 Å². The summed E-state index contributed by atoms with van der Waals surface area (Å²) in [5.41, 5.74) is 0. The summed E-state index contributed by atoms with van der Waals surface area (Å²) < 4.78 is 5.12. The minimum Gasteiger partial charge on any atom is -0.394 e.